The molecule has 2 aliphatic rings. The molecule has 0 spiro atoms. The molecule has 4 atom stereocenters. The van der Waals surface area contributed by atoms with Crippen LogP contribution in [0.4, 0.5) is 17.6 Å². The lowest BCUT2D eigenvalue weighted by molar-refractivity contribution is -0.0843. The molecule has 7 heteroatoms. The molecule has 190 valence electrons. The Hall–Kier alpha value is -2.22. The lowest BCUT2D eigenvalue weighted by Crippen LogP contribution is -2.31. The molecule has 2 heterocycles. The zero-order chi connectivity index (χ0) is 24.9. The summed E-state index contributed by atoms with van der Waals surface area (Å²) < 4.78 is 76.7. The number of benzene rings is 2. The van der Waals surface area contributed by atoms with E-state index in [0.29, 0.717) is 32.5 Å². The van der Waals surface area contributed by atoms with Crippen LogP contribution in [0, 0.1) is 23.3 Å². The average molecular weight is 493 g/mol. The van der Waals surface area contributed by atoms with Crippen molar-refractivity contribution in [2.24, 2.45) is 0 Å². The van der Waals surface area contributed by atoms with Crippen molar-refractivity contribution in [3.63, 3.8) is 0 Å². The van der Waals surface area contributed by atoms with Gasteiger partial charge in [-0.05, 0) is 56.6 Å². The van der Waals surface area contributed by atoms with E-state index >= 15 is 0 Å². The van der Waals surface area contributed by atoms with Gasteiger partial charge in [-0.1, -0.05) is 30.3 Å². The molecule has 0 N–H and O–H groups in total. The van der Waals surface area contributed by atoms with Crippen molar-refractivity contribution in [3.8, 4) is 11.1 Å². The molecule has 2 aromatic rings. The van der Waals surface area contributed by atoms with Crippen LogP contribution in [-0.4, -0.2) is 38.1 Å². The van der Waals surface area contributed by atoms with E-state index in [4.69, 9.17) is 14.2 Å². The SMILES string of the molecule is C=CC1CCC(c2ccc(-c3ccc(CCC4CCC(OCC)CO4)c(F)c3F)c(F)c2F)CO1. The third-order valence-electron chi connectivity index (χ3n) is 7.04. The summed E-state index contributed by atoms with van der Waals surface area (Å²) in [4.78, 5) is 0. The van der Waals surface area contributed by atoms with Gasteiger partial charge in [0.15, 0.2) is 23.3 Å². The molecule has 2 saturated heterocycles. The molecule has 35 heavy (non-hydrogen) atoms. The van der Waals surface area contributed by atoms with Gasteiger partial charge in [-0.25, -0.2) is 17.6 Å². The van der Waals surface area contributed by atoms with Crippen LogP contribution in [0.15, 0.2) is 36.9 Å². The van der Waals surface area contributed by atoms with Crippen LogP contribution in [0.1, 0.15) is 56.1 Å². The van der Waals surface area contributed by atoms with Crippen molar-refractivity contribution >= 4 is 0 Å². The Morgan fingerprint density at radius 1 is 0.886 bits per heavy atom. The Labute approximate surface area is 204 Å². The normalized spacial score (nSPS) is 24.9. The molecule has 4 unspecified atom stereocenters. The molecule has 0 amide bonds. The number of ether oxygens (including phenoxy) is 3. The summed E-state index contributed by atoms with van der Waals surface area (Å²) in [5.74, 6) is -4.74. The highest BCUT2D eigenvalue weighted by Gasteiger charge is 2.28. The first-order chi connectivity index (χ1) is 16.9. The van der Waals surface area contributed by atoms with Gasteiger partial charge in [-0.3, -0.25) is 0 Å². The van der Waals surface area contributed by atoms with E-state index in [1.807, 2.05) is 6.92 Å². The van der Waals surface area contributed by atoms with Crippen molar-refractivity contribution in [1.29, 1.82) is 0 Å². The Balaban J connectivity index is 1.45. The second-order valence-corrected chi connectivity index (χ2v) is 9.26. The highest BCUT2D eigenvalue weighted by atomic mass is 19.2. The van der Waals surface area contributed by atoms with Gasteiger partial charge in [-0.2, -0.15) is 0 Å². The Morgan fingerprint density at radius 2 is 1.63 bits per heavy atom. The highest BCUT2D eigenvalue weighted by molar-refractivity contribution is 5.66. The summed E-state index contributed by atoms with van der Waals surface area (Å²) in [5.41, 5.74) is -0.220. The van der Waals surface area contributed by atoms with E-state index in [9.17, 15) is 17.6 Å². The quantitative estimate of drug-likeness (QED) is 0.297. The predicted octanol–water partition coefficient (Wildman–Crippen LogP) is 6.88. The number of halogens is 4. The summed E-state index contributed by atoms with van der Waals surface area (Å²) in [6.07, 6.45) is 5.43. The number of aryl methyl sites for hydroxylation is 1. The highest BCUT2D eigenvalue weighted by Crippen LogP contribution is 2.36. The fraction of sp³-hybridized carbons (Fsp3) is 0.500. The van der Waals surface area contributed by atoms with Crippen molar-refractivity contribution < 1.29 is 31.8 Å². The van der Waals surface area contributed by atoms with Gasteiger partial charge in [0, 0.05) is 23.7 Å². The largest absolute Gasteiger partial charge is 0.376 e. The average Bonchev–Trinajstić information content (AvgIpc) is 2.88. The molecule has 0 aromatic heterocycles. The maximum atomic E-state index is 15.0. The summed E-state index contributed by atoms with van der Waals surface area (Å²) in [5, 5.41) is 0. The minimum absolute atomic E-state index is 0.0431. The van der Waals surface area contributed by atoms with Gasteiger partial charge in [-0.15, -0.1) is 6.58 Å². The first-order valence-corrected chi connectivity index (χ1v) is 12.3. The first kappa shape index (κ1) is 25.9. The molecule has 2 aromatic carbocycles. The molecule has 0 saturated carbocycles. The topological polar surface area (TPSA) is 27.7 Å². The molecule has 2 fully saturated rings. The number of hydrogen-bond acceptors (Lipinski definition) is 3. The van der Waals surface area contributed by atoms with Crippen LogP contribution in [0.5, 0.6) is 0 Å². The maximum Gasteiger partial charge on any atom is 0.167 e. The maximum absolute atomic E-state index is 15.0. The standard InChI is InChI=1S/C28H32F4O3/c1-3-19-8-6-18(15-34-19)22-13-14-24(28(32)26(22)30)23-12-7-17(25(29)27(23)31)5-9-20-10-11-21(16-35-20)33-4-2/h3,7,12-14,18-21H,1,4-6,8-11,15-16H2,2H3. The molecule has 3 nitrogen and oxygen atoms in total. The molecular weight excluding hydrogens is 460 g/mol. The number of hydrogen-bond donors (Lipinski definition) is 0. The van der Waals surface area contributed by atoms with Crippen LogP contribution in [0.25, 0.3) is 11.1 Å². The minimum atomic E-state index is -1.18. The van der Waals surface area contributed by atoms with Crippen LogP contribution in [-0.2, 0) is 20.6 Å². The molecule has 0 radical (unpaired) electrons. The van der Waals surface area contributed by atoms with Crippen LogP contribution < -0.4 is 0 Å². The monoisotopic (exact) mass is 492 g/mol. The number of rotatable bonds is 8. The fourth-order valence-electron chi connectivity index (χ4n) is 4.97. The molecule has 0 aliphatic carbocycles. The first-order valence-electron chi connectivity index (χ1n) is 12.3. The smallest absolute Gasteiger partial charge is 0.167 e. The third-order valence-corrected chi connectivity index (χ3v) is 7.04. The summed E-state index contributed by atoms with van der Waals surface area (Å²) in [7, 11) is 0. The second kappa shape index (κ2) is 11.7. The van der Waals surface area contributed by atoms with Crippen molar-refractivity contribution in [2.75, 3.05) is 19.8 Å². The van der Waals surface area contributed by atoms with E-state index in [2.05, 4.69) is 6.58 Å². The molecule has 0 bridgehead atoms. The van der Waals surface area contributed by atoms with Crippen molar-refractivity contribution in [2.45, 2.75) is 69.7 Å². The lowest BCUT2D eigenvalue weighted by atomic mass is 9.89. The predicted molar refractivity (Wildman–Crippen MR) is 126 cm³/mol. The summed E-state index contributed by atoms with van der Waals surface area (Å²) in [6.45, 7) is 7.01. The van der Waals surface area contributed by atoms with Gasteiger partial charge in [0.1, 0.15) is 0 Å². The van der Waals surface area contributed by atoms with E-state index < -0.39 is 23.3 Å². The van der Waals surface area contributed by atoms with Gasteiger partial charge in [0.2, 0.25) is 0 Å². The zero-order valence-corrected chi connectivity index (χ0v) is 20.0. The molecule has 2 aliphatic heterocycles. The fourth-order valence-corrected chi connectivity index (χ4v) is 4.97. The van der Waals surface area contributed by atoms with Crippen LogP contribution in [0.2, 0.25) is 0 Å². The van der Waals surface area contributed by atoms with Gasteiger partial charge >= 0.3 is 0 Å². The van der Waals surface area contributed by atoms with Crippen LogP contribution >= 0.6 is 0 Å². The Bertz CT molecular complexity index is 1030. The van der Waals surface area contributed by atoms with Gasteiger partial charge in [0.25, 0.3) is 0 Å². The molecule has 4 rings (SSSR count). The summed E-state index contributed by atoms with van der Waals surface area (Å²) >= 11 is 0. The van der Waals surface area contributed by atoms with Gasteiger partial charge < -0.3 is 14.2 Å². The van der Waals surface area contributed by atoms with Crippen molar-refractivity contribution in [1.82, 2.24) is 0 Å². The van der Waals surface area contributed by atoms with Gasteiger partial charge in [0.05, 0.1) is 31.5 Å². The Kier molecular flexibility index (Phi) is 8.63. The van der Waals surface area contributed by atoms with E-state index in [0.717, 1.165) is 12.8 Å². The third kappa shape index (κ3) is 5.79. The van der Waals surface area contributed by atoms with Crippen LogP contribution in [0.3, 0.4) is 0 Å². The van der Waals surface area contributed by atoms with E-state index in [1.165, 1.54) is 24.3 Å². The zero-order valence-electron chi connectivity index (χ0n) is 20.0. The van der Waals surface area contributed by atoms with Crippen molar-refractivity contribution in [3.05, 3.63) is 71.3 Å². The summed E-state index contributed by atoms with van der Waals surface area (Å²) in [6, 6.07) is 5.51. The second-order valence-electron chi connectivity index (χ2n) is 9.26. The van der Waals surface area contributed by atoms with E-state index in [1.54, 1.807) is 6.08 Å². The lowest BCUT2D eigenvalue weighted by Gasteiger charge is -2.29. The minimum Gasteiger partial charge on any atom is -0.376 e. The molecular formula is C28H32F4O3. The van der Waals surface area contributed by atoms with E-state index in [-0.39, 0.29) is 59.5 Å². The Morgan fingerprint density at radius 3 is 2.26 bits per heavy atom.